The number of rotatable bonds is 3. The average Bonchev–Trinajstić information content (AvgIpc) is 2.95. The first-order valence-corrected chi connectivity index (χ1v) is 6.94. The number of H-pyrrole nitrogens is 1. The summed E-state index contributed by atoms with van der Waals surface area (Å²) in [5.74, 6) is 0.303. The quantitative estimate of drug-likeness (QED) is 0.849. The van der Waals surface area contributed by atoms with Gasteiger partial charge in [-0.3, -0.25) is 19.8 Å². The molecule has 1 amide bonds. The van der Waals surface area contributed by atoms with Crippen LogP contribution in [0, 0.1) is 0 Å². The van der Waals surface area contributed by atoms with Crippen LogP contribution in [0.15, 0.2) is 30.6 Å². The van der Waals surface area contributed by atoms with Gasteiger partial charge in [0, 0.05) is 51.2 Å². The number of nitrogen functional groups attached to an aromatic ring is 1. The fraction of sp³-hybridized carbons (Fsp3) is 0.357. The van der Waals surface area contributed by atoms with E-state index in [4.69, 9.17) is 5.73 Å². The number of piperazine rings is 1. The van der Waals surface area contributed by atoms with Crippen LogP contribution in [0.4, 0.5) is 5.82 Å². The third kappa shape index (κ3) is 3.19. The number of nitrogens with one attached hydrogen (secondary N) is 1. The Labute approximate surface area is 122 Å². The van der Waals surface area contributed by atoms with E-state index in [0.29, 0.717) is 24.6 Å². The number of aromatic nitrogens is 3. The fourth-order valence-electron chi connectivity index (χ4n) is 2.47. The molecular weight excluding hydrogens is 268 g/mol. The highest BCUT2D eigenvalue weighted by Crippen LogP contribution is 2.11. The Morgan fingerprint density at radius 1 is 1.24 bits per heavy atom. The number of amides is 1. The van der Waals surface area contributed by atoms with E-state index < -0.39 is 0 Å². The van der Waals surface area contributed by atoms with E-state index in [1.165, 1.54) is 5.56 Å². The Bertz CT molecular complexity index is 603. The van der Waals surface area contributed by atoms with Crippen LogP contribution in [-0.4, -0.2) is 57.1 Å². The number of anilines is 1. The van der Waals surface area contributed by atoms with Crippen LogP contribution in [-0.2, 0) is 6.54 Å². The molecule has 0 radical (unpaired) electrons. The Hall–Kier alpha value is -2.41. The predicted molar refractivity (Wildman–Crippen MR) is 78.4 cm³/mol. The van der Waals surface area contributed by atoms with Crippen LogP contribution in [0.1, 0.15) is 16.1 Å². The average molecular weight is 286 g/mol. The van der Waals surface area contributed by atoms with Crippen molar-refractivity contribution in [2.75, 3.05) is 31.9 Å². The summed E-state index contributed by atoms with van der Waals surface area (Å²) in [7, 11) is 0. The van der Waals surface area contributed by atoms with E-state index in [0.717, 1.165) is 19.6 Å². The van der Waals surface area contributed by atoms with Crippen molar-refractivity contribution >= 4 is 11.7 Å². The van der Waals surface area contributed by atoms with Crippen LogP contribution in [0.5, 0.6) is 0 Å². The summed E-state index contributed by atoms with van der Waals surface area (Å²) in [6, 6.07) is 5.61. The molecule has 0 aromatic carbocycles. The molecule has 1 aliphatic rings. The number of nitrogens with two attached hydrogens (primary N) is 1. The largest absolute Gasteiger partial charge is 0.382 e. The van der Waals surface area contributed by atoms with Crippen molar-refractivity contribution in [3.63, 3.8) is 0 Å². The summed E-state index contributed by atoms with van der Waals surface area (Å²) in [6.45, 7) is 4.03. The van der Waals surface area contributed by atoms with Gasteiger partial charge >= 0.3 is 0 Å². The zero-order valence-corrected chi connectivity index (χ0v) is 11.7. The molecule has 0 saturated carbocycles. The number of hydrogen-bond donors (Lipinski definition) is 2. The lowest BCUT2D eigenvalue weighted by molar-refractivity contribution is 0.0622. The van der Waals surface area contributed by atoms with Gasteiger partial charge in [-0.25, -0.2) is 0 Å². The van der Waals surface area contributed by atoms with E-state index >= 15 is 0 Å². The van der Waals surface area contributed by atoms with Gasteiger partial charge in [-0.05, 0) is 17.7 Å². The molecule has 7 heteroatoms. The number of pyridine rings is 1. The van der Waals surface area contributed by atoms with E-state index in [-0.39, 0.29) is 5.91 Å². The lowest BCUT2D eigenvalue weighted by Gasteiger charge is -2.34. The summed E-state index contributed by atoms with van der Waals surface area (Å²) < 4.78 is 0. The Morgan fingerprint density at radius 3 is 2.57 bits per heavy atom. The first-order chi connectivity index (χ1) is 10.2. The molecule has 0 unspecified atom stereocenters. The van der Waals surface area contributed by atoms with Crippen molar-refractivity contribution in [3.8, 4) is 0 Å². The van der Waals surface area contributed by atoms with Gasteiger partial charge < -0.3 is 10.6 Å². The van der Waals surface area contributed by atoms with Gasteiger partial charge in [0.05, 0.1) is 0 Å². The molecule has 1 aliphatic heterocycles. The van der Waals surface area contributed by atoms with Gasteiger partial charge in [-0.1, -0.05) is 0 Å². The van der Waals surface area contributed by atoms with Gasteiger partial charge in [0.25, 0.3) is 5.91 Å². The molecule has 110 valence electrons. The number of carbonyl (C=O) groups excluding carboxylic acids is 1. The highest BCUT2D eigenvalue weighted by molar-refractivity contribution is 5.93. The van der Waals surface area contributed by atoms with E-state index in [1.54, 1.807) is 18.5 Å². The van der Waals surface area contributed by atoms with Crippen LogP contribution in [0.25, 0.3) is 0 Å². The van der Waals surface area contributed by atoms with Crippen molar-refractivity contribution in [1.29, 1.82) is 0 Å². The van der Waals surface area contributed by atoms with Gasteiger partial charge in [0.2, 0.25) is 0 Å². The zero-order valence-electron chi connectivity index (χ0n) is 11.7. The minimum atomic E-state index is -0.0391. The number of carbonyl (C=O) groups is 1. The Kier molecular flexibility index (Phi) is 3.83. The zero-order chi connectivity index (χ0) is 14.7. The number of nitrogens with zero attached hydrogens (tertiary/aromatic N) is 4. The lowest BCUT2D eigenvalue weighted by atomic mass is 10.2. The summed E-state index contributed by atoms with van der Waals surface area (Å²) in [4.78, 5) is 20.4. The first-order valence-electron chi connectivity index (χ1n) is 6.94. The third-order valence-electron chi connectivity index (χ3n) is 3.64. The molecule has 7 nitrogen and oxygen atoms in total. The second kappa shape index (κ2) is 5.92. The molecule has 1 fully saturated rings. The second-order valence-corrected chi connectivity index (χ2v) is 5.13. The van der Waals surface area contributed by atoms with Crippen LogP contribution in [0.3, 0.4) is 0 Å². The molecule has 21 heavy (non-hydrogen) atoms. The fourth-order valence-corrected chi connectivity index (χ4v) is 2.47. The molecule has 2 aromatic heterocycles. The summed E-state index contributed by atoms with van der Waals surface area (Å²) in [5.41, 5.74) is 7.22. The van der Waals surface area contributed by atoms with Gasteiger partial charge in [0.1, 0.15) is 11.5 Å². The molecule has 1 saturated heterocycles. The first kappa shape index (κ1) is 13.6. The number of aromatic amines is 1. The topological polar surface area (TPSA) is 91.1 Å². The predicted octanol–water partition coefficient (Wildman–Crippen LogP) is 0.345. The van der Waals surface area contributed by atoms with E-state index in [2.05, 4.69) is 20.1 Å². The minimum Gasteiger partial charge on any atom is -0.382 e. The molecule has 3 heterocycles. The van der Waals surface area contributed by atoms with Crippen molar-refractivity contribution in [2.24, 2.45) is 0 Å². The van der Waals surface area contributed by atoms with Crippen LogP contribution < -0.4 is 5.73 Å². The maximum Gasteiger partial charge on any atom is 0.272 e. The third-order valence-corrected chi connectivity index (χ3v) is 3.64. The van der Waals surface area contributed by atoms with Crippen molar-refractivity contribution in [2.45, 2.75) is 6.54 Å². The van der Waals surface area contributed by atoms with Gasteiger partial charge in [-0.15, -0.1) is 0 Å². The molecule has 3 N–H and O–H groups in total. The SMILES string of the molecule is Nc1cc(C(=O)N2CCN(Cc3ccncc3)CC2)[nH]n1. The summed E-state index contributed by atoms with van der Waals surface area (Å²) in [5, 5.41) is 6.46. The monoisotopic (exact) mass is 286 g/mol. The molecule has 0 spiro atoms. The highest BCUT2D eigenvalue weighted by atomic mass is 16.2. The Morgan fingerprint density at radius 2 is 1.95 bits per heavy atom. The van der Waals surface area contributed by atoms with Gasteiger partial charge in [0.15, 0.2) is 0 Å². The lowest BCUT2D eigenvalue weighted by Crippen LogP contribution is -2.48. The van der Waals surface area contributed by atoms with Gasteiger partial charge in [-0.2, -0.15) is 5.10 Å². The van der Waals surface area contributed by atoms with Crippen LogP contribution >= 0.6 is 0 Å². The molecule has 0 bridgehead atoms. The smallest absolute Gasteiger partial charge is 0.272 e. The maximum absolute atomic E-state index is 12.3. The normalized spacial score (nSPS) is 16.1. The van der Waals surface area contributed by atoms with Crippen LogP contribution in [0.2, 0.25) is 0 Å². The molecule has 3 rings (SSSR count). The highest BCUT2D eigenvalue weighted by Gasteiger charge is 2.23. The molecule has 2 aromatic rings. The summed E-state index contributed by atoms with van der Waals surface area (Å²) in [6.07, 6.45) is 3.61. The second-order valence-electron chi connectivity index (χ2n) is 5.13. The van der Waals surface area contributed by atoms with Crippen molar-refractivity contribution < 1.29 is 4.79 Å². The maximum atomic E-state index is 12.3. The molecule has 0 atom stereocenters. The molecular formula is C14H18N6O. The van der Waals surface area contributed by atoms with E-state index in [1.807, 2.05) is 17.0 Å². The van der Waals surface area contributed by atoms with E-state index in [9.17, 15) is 4.79 Å². The van der Waals surface area contributed by atoms with Crippen molar-refractivity contribution in [1.82, 2.24) is 25.0 Å². The molecule has 0 aliphatic carbocycles. The minimum absolute atomic E-state index is 0.0391. The summed E-state index contributed by atoms with van der Waals surface area (Å²) >= 11 is 0. The number of hydrogen-bond acceptors (Lipinski definition) is 5. The van der Waals surface area contributed by atoms with Crippen molar-refractivity contribution in [3.05, 3.63) is 41.9 Å². The Balaban J connectivity index is 1.54. The standard InChI is InChI=1S/C14H18N6O/c15-13-9-12(17-18-13)14(21)20-7-5-19(6-8-20)10-11-1-3-16-4-2-11/h1-4,9H,5-8,10H2,(H3,15,17,18).